The molecule has 6 nitrogen and oxygen atoms in total. The van der Waals surface area contributed by atoms with Crippen LogP contribution in [0, 0.1) is 24.6 Å². The number of aliphatic carboxylic acids is 1. The highest BCUT2D eigenvalue weighted by atomic mass is 19.1. The quantitative estimate of drug-likeness (QED) is 0.814. The molecule has 2 aliphatic rings. The topological polar surface area (TPSA) is 75.4 Å². The summed E-state index contributed by atoms with van der Waals surface area (Å²) in [5.41, 5.74) is 4.24. The molecule has 1 aromatic carbocycles. The van der Waals surface area contributed by atoms with Gasteiger partial charge in [-0.25, -0.2) is 4.39 Å². The molecule has 0 spiro atoms. The monoisotopic (exact) mass is 413 g/mol. The lowest BCUT2D eigenvalue weighted by atomic mass is 9.80. The van der Waals surface area contributed by atoms with Crippen molar-refractivity contribution >= 4 is 11.9 Å². The van der Waals surface area contributed by atoms with Crippen molar-refractivity contribution in [2.75, 3.05) is 6.54 Å². The number of carbonyl (C=O) groups excluding carboxylic acids is 1. The van der Waals surface area contributed by atoms with Crippen molar-refractivity contribution < 1.29 is 19.1 Å². The van der Waals surface area contributed by atoms with Crippen LogP contribution < -0.4 is 0 Å². The fourth-order valence-corrected chi connectivity index (χ4v) is 4.77. The molecule has 160 valence electrons. The van der Waals surface area contributed by atoms with Crippen molar-refractivity contribution in [2.24, 2.45) is 11.8 Å². The molecule has 2 heterocycles. The van der Waals surface area contributed by atoms with Crippen LogP contribution in [-0.4, -0.2) is 38.2 Å². The Labute approximate surface area is 175 Å². The van der Waals surface area contributed by atoms with Gasteiger partial charge in [0, 0.05) is 13.0 Å². The largest absolute Gasteiger partial charge is 0.481 e. The van der Waals surface area contributed by atoms with Gasteiger partial charge in [0.05, 0.1) is 30.4 Å². The summed E-state index contributed by atoms with van der Waals surface area (Å²) in [6.45, 7) is 3.79. The minimum absolute atomic E-state index is 0.145. The van der Waals surface area contributed by atoms with Crippen LogP contribution in [0.25, 0.3) is 0 Å². The Morgan fingerprint density at radius 1 is 1.17 bits per heavy atom. The Morgan fingerprint density at radius 2 is 1.87 bits per heavy atom. The molecule has 1 aliphatic heterocycles. The molecule has 4 rings (SSSR count). The van der Waals surface area contributed by atoms with Crippen molar-refractivity contribution in [3.05, 3.63) is 52.6 Å². The van der Waals surface area contributed by atoms with Crippen LogP contribution in [0.4, 0.5) is 4.39 Å². The number of carbonyl (C=O) groups is 2. The highest BCUT2D eigenvalue weighted by molar-refractivity contribution is 5.77. The van der Waals surface area contributed by atoms with Gasteiger partial charge >= 0.3 is 5.97 Å². The van der Waals surface area contributed by atoms with Gasteiger partial charge in [0.2, 0.25) is 5.91 Å². The molecule has 1 N–H and O–H groups in total. The highest BCUT2D eigenvalue weighted by Crippen LogP contribution is 2.32. The van der Waals surface area contributed by atoms with Gasteiger partial charge in [0.15, 0.2) is 0 Å². The lowest BCUT2D eigenvalue weighted by molar-refractivity contribution is -0.143. The van der Waals surface area contributed by atoms with Crippen molar-refractivity contribution in [1.82, 2.24) is 14.7 Å². The van der Waals surface area contributed by atoms with E-state index in [1.807, 2.05) is 16.5 Å². The molecule has 0 atom stereocenters. The van der Waals surface area contributed by atoms with Crippen molar-refractivity contribution in [2.45, 2.75) is 58.5 Å². The van der Waals surface area contributed by atoms with Crippen LogP contribution in [0.5, 0.6) is 0 Å². The maximum atomic E-state index is 13.2. The molecule has 7 heteroatoms. The summed E-state index contributed by atoms with van der Waals surface area (Å²) in [7, 11) is 0. The molecule has 0 unspecified atom stereocenters. The molecule has 1 aliphatic carbocycles. The molecular weight excluding hydrogens is 385 g/mol. The van der Waals surface area contributed by atoms with Crippen molar-refractivity contribution in [3.63, 3.8) is 0 Å². The number of benzene rings is 1. The van der Waals surface area contributed by atoms with Crippen LogP contribution in [-0.2, 0) is 29.1 Å². The molecule has 1 amide bonds. The van der Waals surface area contributed by atoms with Crippen molar-refractivity contribution in [1.29, 1.82) is 0 Å². The second-order valence-electron chi connectivity index (χ2n) is 8.62. The van der Waals surface area contributed by atoms with Gasteiger partial charge < -0.3 is 10.0 Å². The maximum Gasteiger partial charge on any atom is 0.306 e. The van der Waals surface area contributed by atoms with E-state index < -0.39 is 5.97 Å². The van der Waals surface area contributed by atoms with E-state index in [4.69, 9.17) is 5.11 Å². The molecule has 1 saturated carbocycles. The smallest absolute Gasteiger partial charge is 0.306 e. The predicted octanol–water partition coefficient (Wildman–Crippen LogP) is 3.54. The van der Waals surface area contributed by atoms with Crippen molar-refractivity contribution in [3.8, 4) is 0 Å². The van der Waals surface area contributed by atoms with Crippen LogP contribution in [0.15, 0.2) is 24.3 Å². The zero-order valence-corrected chi connectivity index (χ0v) is 17.3. The lowest BCUT2D eigenvalue weighted by Gasteiger charge is -2.31. The van der Waals surface area contributed by atoms with Gasteiger partial charge in [-0.05, 0) is 68.2 Å². The standard InChI is InChI=1S/C23H28FN3O3/c1-15-20-10-11-26(22(28)12-16-2-6-18(7-3-16)23(29)30)14-21(20)27(25-15)13-17-4-8-19(24)9-5-17/h4-5,8-9,16,18H,2-3,6-7,10-14H2,1H3,(H,29,30)/t16-,18+. The maximum absolute atomic E-state index is 13.2. The van der Waals surface area contributed by atoms with E-state index in [9.17, 15) is 14.0 Å². The van der Waals surface area contributed by atoms with Gasteiger partial charge in [0.25, 0.3) is 0 Å². The van der Waals surface area contributed by atoms with Crippen LogP contribution in [0.2, 0.25) is 0 Å². The second-order valence-corrected chi connectivity index (χ2v) is 8.62. The normalized spacial score (nSPS) is 21.3. The average molecular weight is 413 g/mol. The van der Waals surface area contributed by atoms with Gasteiger partial charge in [-0.15, -0.1) is 0 Å². The first kappa shape index (κ1) is 20.6. The summed E-state index contributed by atoms with van der Waals surface area (Å²) in [4.78, 5) is 26.0. The molecule has 1 aromatic heterocycles. The fourth-order valence-electron chi connectivity index (χ4n) is 4.77. The first-order valence-corrected chi connectivity index (χ1v) is 10.7. The third kappa shape index (κ3) is 4.40. The summed E-state index contributed by atoms with van der Waals surface area (Å²) in [5, 5.41) is 13.8. The SMILES string of the molecule is Cc1nn(Cc2ccc(F)cc2)c2c1CCN(C(=O)C[C@H]1CC[C@@H](C(=O)O)CC1)C2. The Morgan fingerprint density at radius 3 is 2.53 bits per heavy atom. The van der Waals surface area contributed by atoms with Gasteiger partial charge in [0.1, 0.15) is 5.82 Å². The zero-order valence-electron chi connectivity index (χ0n) is 17.3. The number of amides is 1. The number of rotatable bonds is 5. The van der Waals surface area contributed by atoms with E-state index >= 15 is 0 Å². The Bertz CT molecular complexity index is 930. The summed E-state index contributed by atoms with van der Waals surface area (Å²) < 4.78 is 15.1. The number of hydrogen-bond acceptors (Lipinski definition) is 3. The summed E-state index contributed by atoms with van der Waals surface area (Å²) in [6.07, 6.45) is 4.24. The zero-order chi connectivity index (χ0) is 21.3. The minimum Gasteiger partial charge on any atom is -0.481 e. The Balaban J connectivity index is 1.41. The fraction of sp³-hybridized carbons (Fsp3) is 0.522. The number of fused-ring (bicyclic) bond motifs is 1. The lowest BCUT2D eigenvalue weighted by Crippen LogP contribution is -2.38. The molecule has 1 fully saturated rings. The summed E-state index contributed by atoms with van der Waals surface area (Å²) in [6, 6.07) is 6.43. The molecule has 2 aromatic rings. The minimum atomic E-state index is -0.715. The number of nitrogens with zero attached hydrogens (tertiary/aromatic N) is 3. The third-order valence-electron chi connectivity index (χ3n) is 6.60. The Kier molecular flexibility index (Phi) is 5.88. The number of carboxylic acid groups (broad SMARTS) is 1. The molecule has 30 heavy (non-hydrogen) atoms. The highest BCUT2D eigenvalue weighted by Gasteiger charge is 2.30. The summed E-state index contributed by atoms with van der Waals surface area (Å²) >= 11 is 0. The van der Waals surface area contributed by atoms with E-state index in [1.165, 1.54) is 17.7 Å². The third-order valence-corrected chi connectivity index (χ3v) is 6.60. The number of aromatic nitrogens is 2. The van der Waals surface area contributed by atoms with Gasteiger partial charge in [-0.1, -0.05) is 12.1 Å². The van der Waals surface area contributed by atoms with Crippen LogP contribution in [0.1, 0.15) is 54.6 Å². The van der Waals surface area contributed by atoms with Crippen LogP contribution in [0.3, 0.4) is 0 Å². The predicted molar refractivity (Wildman–Crippen MR) is 109 cm³/mol. The van der Waals surface area contributed by atoms with E-state index in [0.29, 0.717) is 38.9 Å². The van der Waals surface area contributed by atoms with Crippen LogP contribution >= 0.6 is 0 Å². The number of aryl methyl sites for hydroxylation is 1. The van der Waals surface area contributed by atoms with Gasteiger partial charge in [-0.3, -0.25) is 14.3 Å². The first-order valence-electron chi connectivity index (χ1n) is 10.7. The number of halogens is 1. The van der Waals surface area contributed by atoms with E-state index in [-0.39, 0.29) is 23.6 Å². The Hall–Kier alpha value is -2.70. The summed E-state index contributed by atoms with van der Waals surface area (Å²) in [5.74, 6) is -0.802. The number of carboxylic acids is 1. The average Bonchev–Trinajstić information content (AvgIpc) is 3.05. The van der Waals surface area contributed by atoms with Gasteiger partial charge in [-0.2, -0.15) is 5.10 Å². The van der Waals surface area contributed by atoms with E-state index in [2.05, 4.69) is 5.10 Å². The molecule has 0 saturated heterocycles. The molecule has 0 radical (unpaired) electrons. The first-order chi connectivity index (χ1) is 14.4. The number of hydrogen-bond donors (Lipinski definition) is 1. The molecule has 0 bridgehead atoms. The van der Waals surface area contributed by atoms with E-state index in [1.54, 1.807) is 12.1 Å². The second kappa shape index (κ2) is 8.58. The molecular formula is C23H28FN3O3. The van der Waals surface area contributed by atoms with E-state index in [0.717, 1.165) is 36.2 Å².